The first-order valence-electron chi connectivity index (χ1n) is 35.9. The molecule has 0 heterocycles. The molecule has 0 radical (unpaired) electrons. The van der Waals surface area contributed by atoms with Gasteiger partial charge in [-0.2, -0.15) is 0 Å². The average Bonchev–Trinajstić information content (AvgIpc) is 0.767. The Bertz CT molecular complexity index is 4860. The first-order valence-corrected chi connectivity index (χ1v) is 35.9. The Morgan fingerprint density at radius 1 is 0.229 bits per heavy atom. The quantitative estimate of drug-likeness (QED) is 0.0300. The maximum Gasteiger partial charge on any atom is 0.339 e. The molecule has 12 aromatic rings. The van der Waals surface area contributed by atoms with E-state index in [2.05, 4.69) is 0 Å². The SMILES string of the molecule is CC(C)(C)OC(=O)c1c2ccccc2c(/C=C/C(=O)OCC(COC(=O)/C=C/c2c3ccccc3c(C(=O)OC(C)(C)C)c3ccccc23)(COC(=O)/C=C/c2c3ccccc3c(C(=O)OC(C)(C)C)c3ccccc23)COC(=O)/C=C/c2c3ccccc3c(C(=O)OC(C)(C)C)c3ccccc23)c2ccccc12. The van der Waals surface area contributed by atoms with Crippen LogP contribution in [0.1, 0.15) is 147 Å². The summed E-state index contributed by atoms with van der Waals surface area (Å²) in [6, 6.07) is 58.1. The van der Waals surface area contributed by atoms with Gasteiger partial charge < -0.3 is 37.9 Å². The molecule has 0 aromatic heterocycles. The fourth-order valence-corrected chi connectivity index (χ4v) is 13.5. The molecule has 0 saturated heterocycles. The Kier molecular flexibility index (Phi) is 21.7. The number of carbonyl (C=O) groups excluding carboxylic acids is 8. The van der Waals surface area contributed by atoms with Crippen molar-refractivity contribution < 1.29 is 76.3 Å². The molecule has 0 aliphatic carbocycles. The summed E-state index contributed by atoms with van der Waals surface area (Å²) in [6.45, 7) is 18.7. The minimum Gasteiger partial charge on any atom is -0.462 e. The van der Waals surface area contributed by atoms with E-state index in [1.807, 2.05) is 97.1 Å². The van der Waals surface area contributed by atoms with Crippen molar-refractivity contribution in [3.8, 4) is 0 Å². The molecular weight excluding hydrogens is 1370 g/mol. The van der Waals surface area contributed by atoms with E-state index < -0.39 is 102 Å². The van der Waals surface area contributed by atoms with Crippen LogP contribution in [0.2, 0.25) is 0 Å². The third-order valence-electron chi connectivity index (χ3n) is 17.9. The zero-order valence-corrected chi connectivity index (χ0v) is 63.0. The minimum atomic E-state index is -1.90. The van der Waals surface area contributed by atoms with E-state index in [-0.39, 0.29) is 0 Å². The normalized spacial score (nSPS) is 12.5. The van der Waals surface area contributed by atoms with Crippen LogP contribution in [0.3, 0.4) is 0 Å². The fourth-order valence-electron chi connectivity index (χ4n) is 13.5. The largest absolute Gasteiger partial charge is 0.462 e. The molecule has 0 amide bonds. The summed E-state index contributed by atoms with van der Waals surface area (Å²) in [5.41, 5.74) is -1.48. The second kappa shape index (κ2) is 31.1. The lowest BCUT2D eigenvalue weighted by atomic mass is 9.91. The predicted octanol–water partition coefficient (Wildman–Crippen LogP) is 20.0. The molecule has 16 heteroatoms. The van der Waals surface area contributed by atoms with E-state index in [4.69, 9.17) is 37.9 Å². The van der Waals surface area contributed by atoms with Gasteiger partial charge in [0.05, 0.1) is 22.3 Å². The molecule has 12 aromatic carbocycles. The summed E-state index contributed by atoms with van der Waals surface area (Å²) in [5.74, 6) is -5.76. The first-order chi connectivity index (χ1) is 51.8. The van der Waals surface area contributed by atoms with Gasteiger partial charge >= 0.3 is 47.8 Å². The van der Waals surface area contributed by atoms with Crippen LogP contribution in [0.15, 0.2) is 218 Å². The molecule has 0 N–H and O–H groups in total. The van der Waals surface area contributed by atoms with Gasteiger partial charge in [-0.15, -0.1) is 0 Å². The van der Waals surface area contributed by atoms with Crippen LogP contribution in [0, 0.1) is 5.41 Å². The van der Waals surface area contributed by atoms with Gasteiger partial charge in [-0.25, -0.2) is 38.4 Å². The van der Waals surface area contributed by atoms with E-state index in [0.29, 0.717) is 131 Å². The maximum absolute atomic E-state index is 14.7. The number of carbonyl (C=O) groups is 8. The van der Waals surface area contributed by atoms with Crippen LogP contribution in [0.5, 0.6) is 0 Å². The van der Waals surface area contributed by atoms with Crippen LogP contribution < -0.4 is 0 Å². The monoisotopic (exact) mass is 1460 g/mol. The summed E-state index contributed by atoms with van der Waals surface area (Å²) >= 11 is 0. The second-order valence-corrected chi connectivity index (χ2v) is 30.8. The lowest BCUT2D eigenvalue weighted by Crippen LogP contribution is -2.43. The smallest absolute Gasteiger partial charge is 0.339 e. The van der Waals surface area contributed by atoms with Crippen molar-refractivity contribution in [2.75, 3.05) is 26.4 Å². The Labute approximate surface area is 631 Å². The average molecular weight is 1460 g/mol. The molecule has 16 nitrogen and oxygen atoms in total. The summed E-state index contributed by atoms with van der Waals surface area (Å²) < 4.78 is 48.5. The molecule has 0 aliphatic heterocycles. The minimum absolute atomic E-state index is 0.345. The molecule has 12 rings (SSSR count). The molecule has 0 saturated carbocycles. The summed E-state index contributed by atoms with van der Waals surface area (Å²) in [4.78, 5) is 115. The van der Waals surface area contributed by atoms with Crippen LogP contribution >= 0.6 is 0 Å². The van der Waals surface area contributed by atoms with Crippen LogP contribution in [0.4, 0.5) is 0 Å². The highest BCUT2D eigenvalue weighted by Crippen LogP contribution is 2.41. The van der Waals surface area contributed by atoms with Gasteiger partial charge in [0.2, 0.25) is 0 Å². The Hall–Kier alpha value is -12.6. The summed E-state index contributed by atoms with van der Waals surface area (Å²) in [7, 11) is 0. The molecule has 0 atom stereocenters. The van der Waals surface area contributed by atoms with Crippen LogP contribution in [-0.2, 0) is 57.1 Å². The molecule has 552 valence electrons. The number of hydrogen-bond donors (Lipinski definition) is 0. The van der Waals surface area contributed by atoms with E-state index in [9.17, 15) is 38.4 Å². The van der Waals surface area contributed by atoms with Crippen molar-refractivity contribution >= 4 is 158 Å². The number of esters is 8. The fraction of sp³-hybridized carbons (Fsp3) is 0.226. The molecule has 0 unspecified atom stereocenters. The number of ether oxygens (including phenoxy) is 8. The Morgan fingerprint density at radius 3 is 0.505 bits per heavy atom. The van der Waals surface area contributed by atoms with E-state index in [1.165, 1.54) is 24.3 Å². The van der Waals surface area contributed by atoms with Gasteiger partial charge in [0, 0.05) is 24.3 Å². The maximum atomic E-state index is 14.7. The van der Waals surface area contributed by atoms with E-state index >= 15 is 0 Å². The zero-order valence-electron chi connectivity index (χ0n) is 63.0. The van der Waals surface area contributed by atoms with Crippen molar-refractivity contribution in [2.45, 2.75) is 105 Å². The molecule has 0 aliphatic rings. The summed E-state index contributed by atoms with van der Waals surface area (Å²) in [5, 5.41) is 9.58. The molecule has 109 heavy (non-hydrogen) atoms. The highest BCUT2D eigenvalue weighted by Gasteiger charge is 2.38. The number of hydrogen-bond acceptors (Lipinski definition) is 16. The molecule has 0 bridgehead atoms. The highest BCUT2D eigenvalue weighted by atomic mass is 16.6. The third-order valence-corrected chi connectivity index (χ3v) is 17.9. The van der Waals surface area contributed by atoms with Crippen molar-refractivity contribution in [3.63, 3.8) is 0 Å². The van der Waals surface area contributed by atoms with Crippen molar-refractivity contribution in [3.05, 3.63) is 263 Å². The van der Waals surface area contributed by atoms with Gasteiger partial charge in [-0.1, -0.05) is 194 Å². The topological polar surface area (TPSA) is 210 Å². The number of fused-ring (bicyclic) bond motifs is 8. The van der Waals surface area contributed by atoms with Gasteiger partial charge in [0.25, 0.3) is 0 Å². The lowest BCUT2D eigenvalue weighted by Gasteiger charge is -2.31. The molecule has 0 spiro atoms. The second-order valence-electron chi connectivity index (χ2n) is 30.8. The third kappa shape index (κ3) is 17.3. The van der Waals surface area contributed by atoms with Crippen molar-refractivity contribution in [1.82, 2.24) is 0 Å². The van der Waals surface area contributed by atoms with Gasteiger partial charge in [-0.3, -0.25) is 0 Å². The Morgan fingerprint density at radius 2 is 0.367 bits per heavy atom. The van der Waals surface area contributed by atoms with Crippen LogP contribution in [0.25, 0.3) is 110 Å². The van der Waals surface area contributed by atoms with Gasteiger partial charge in [-0.05, 0) is 216 Å². The Balaban J connectivity index is 0.942. The highest BCUT2D eigenvalue weighted by molar-refractivity contribution is 6.24. The van der Waals surface area contributed by atoms with Crippen LogP contribution in [-0.4, -0.2) is 96.6 Å². The zero-order chi connectivity index (χ0) is 77.7. The number of benzene rings is 12. The lowest BCUT2D eigenvalue weighted by molar-refractivity contribution is -0.164. The molecular formula is C93H84O16. The summed E-state index contributed by atoms with van der Waals surface area (Å²) in [6.07, 6.45) is 11.1. The van der Waals surface area contributed by atoms with E-state index in [1.54, 1.807) is 204 Å². The van der Waals surface area contributed by atoms with Crippen molar-refractivity contribution in [1.29, 1.82) is 0 Å². The molecule has 0 fully saturated rings. The van der Waals surface area contributed by atoms with Crippen molar-refractivity contribution in [2.24, 2.45) is 5.41 Å². The van der Waals surface area contributed by atoms with E-state index in [0.717, 1.165) is 0 Å². The van der Waals surface area contributed by atoms with Gasteiger partial charge in [0.15, 0.2) is 0 Å². The standard InChI is InChI=1S/C93H84O16/c1-89(2,3)106-85(98)81-69-37-21-13-29-57(69)65(58-30-14-22-38-70(58)81)45-49-77(94)102-53-93(54-103-78(95)50-46-66-59-31-15-23-39-71(59)82(86(99)107-90(4,5)6)72-40-24-16-32-60(66)72,55-104-79(96)51-47-67-61-33-17-25-41-73(61)83(87(100)108-91(7,8)9)74-42-26-18-34-62(67)74)56-105-80(97)52-48-68-63-35-19-27-43-75(63)84(88(101)109-92(10,11)12)76-44-28-20-36-64(68)76/h13-52H,53-56H2,1-12H3/b49-45+,50-46+,51-47+,52-48+. The van der Waals surface area contributed by atoms with Gasteiger partial charge in [0.1, 0.15) is 54.2 Å². The predicted molar refractivity (Wildman–Crippen MR) is 429 cm³/mol. The number of rotatable bonds is 20. The first kappa shape index (κ1) is 76.1.